The lowest BCUT2D eigenvalue weighted by Crippen LogP contribution is -2.28. The molecule has 2 aromatic carbocycles. The van der Waals surface area contributed by atoms with Crippen LogP contribution in [0.4, 0.5) is 0 Å². The van der Waals surface area contributed by atoms with E-state index in [0.717, 1.165) is 66.2 Å². The molecular weight excluding hydrogens is 404 g/mol. The lowest BCUT2D eigenvalue weighted by Gasteiger charge is -2.30. The van der Waals surface area contributed by atoms with Crippen molar-refractivity contribution < 1.29 is 4.79 Å². The van der Waals surface area contributed by atoms with Crippen molar-refractivity contribution in [2.24, 2.45) is 5.73 Å². The van der Waals surface area contributed by atoms with Gasteiger partial charge in [0.2, 0.25) is 0 Å². The predicted molar refractivity (Wildman–Crippen MR) is 121 cm³/mol. The summed E-state index contributed by atoms with van der Waals surface area (Å²) in [6.45, 7) is 2.08. The zero-order valence-corrected chi connectivity index (χ0v) is 17.8. The van der Waals surface area contributed by atoms with Gasteiger partial charge < -0.3 is 5.73 Å². The van der Waals surface area contributed by atoms with Gasteiger partial charge in [-0.1, -0.05) is 42.3 Å². The van der Waals surface area contributed by atoms with Crippen molar-refractivity contribution in [1.29, 1.82) is 0 Å². The molecule has 0 saturated carbocycles. The SMILES string of the molecule is NC(=O)c1cc(-c2ccccc2)cc2c(C3CCN(SCCCCl)CC3)[nH]nc12. The van der Waals surface area contributed by atoms with Crippen molar-refractivity contribution >= 4 is 40.4 Å². The Labute approximate surface area is 180 Å². The summed E-state index contributed by atoms with van der Waals surface area (Å²) in [4.78, 5) is 12.1. The normalized spacial score (nSPS) is 15.8. The molecule has 1 aromatic heterocycles. The van der Waals surface area contributed by atoms with Gasteiger partial charge in [0.25, 0.3) is 5.91 Å². The fourth-order valence-electron chi connectivity index (χ4n) is 3.95. The van der Waals surface area contributed by atoms with Gasteiger partial charge in [0.15, 0.2) is 0 Å². The quantitative estimate of drug-likeness (QED) is 0.322. The van der Waals surface area contributed by atoms with E-state index in [2.05, 4.69) is 20.6 Å². The lowest BCUT2D eigenvalue weighted by atomic mass is 9.90. The monoisotopic (exact) mass is 428 g/mol. The molecule has 5 nitrogen and oxygen atoms in total. The van der Waals surface area contributed by atoms with Crippen LogP contribution in [0, 0.1) is 0 Å². The first kappa shape index (κ1) is 20.3. The highest BCUT2D eigenvalue weighted by Crippen LogP contribution is 2.36. The molecule has 1 amide bonds. The molecular formula is C22H25ClN4OS. The number of hydrogen-bond donors (Lipinski definition) is 2. The van der Waals surface area contributed by atoms with E-state index in [4.69, 9.17) is 17.3 Å². The summed E-state index contributed by atoms with van der Waals surface area (Å²) in [5, 5.41) is 8.70. The van der Waals surface area contributed by atoms with Crippen LogP contribution in [0.15, 0.2) is 42.5 Å². The molecule has 7 heteroatoms. The Bertz CT molecular complexity index is 983. The first-order chi connectivity index (χ1) is 14.2. The molecule has 3 N–H and O–H groups in total. The Morgan fingerprint density at radius 2 is 1.97 bits per heavy atom. The summed E-state index contributed by atoms with van der Waals surface area (Å²) in [5.74, 6) is 1.74. The van der Waals surface area contributed by atoms with E-state index >= 15 is 0 Å². The van der Waals surface area contributed by atoms with E-state index in [0.29, 0.717) is 17.0 Å². The molecule has 0 bridgehead atoms. The van der Waals surface area contributed by atoms with E-state index < -0.39 is 5.91 Å². The third-order valence-corrected chi connectivity index (χ3v) is 6.94. The first-order valence-corrected chi connectivity index (χ1v) is 11.5. The average Bonchev–Trinajstić information content (AvgIpc) is 3.18. The first-order valence-electron chi connectivity index (χ1n) is 9.98. The molecule has 0 unspecified atom stereocenters. The van der Waals surface area contributed by atoms with Crippen LogP contribution in [0.1, 0.15) is 41.2 Å². The number of piperidine rings is 1. The Morgan fingerprint density at radius 1 is 1.21 bits per heavy atom. The van der Waals surface area contributed by atoms with Gasteiger partial charge >= 0.3 is 0 Å². The Kier molecular flexibility index (Phi) is 6.43. The molecule has 1 fully saturated rings. The zero-order valence-electron chi connectivity index (χ0n) is 16.2. The molecule has 1 saturated heterocycles. The fourth-order valence-corrected chi connectivity index (χ4v) is 5.25. The number of rotatable bonds is 7. The number of carbonyl (C=O) groups is 1. The molecule has 0 radical (unpaired) electrons. The Morgan fingerprint density at radius 3 is 2.66 bits per heavy atom. The van der Waals surface area contributed by atoms with Gasteiger partial charge in [0.05, 0.1) is 5.56 Å². The predicted octanol–water partition coefficient (Wildman–Crippen LogP) is 4.79. The van der Waals surface area contributed by atoms with E-state index in [1.807, 2.05) is 48.3 Å². The van der Waals surface area contributed by atoms with Crippen LogP contribution in [0.25, 0.3) is 22.0 Å². The lowest BCUT2D eigenvalue weighted by molar-refractivity contribution is 0.100. The van der Waals surface area contributed by atoms with Crippen molar-refractivity contribution in [3.05, 3.63) is 53.7 Å². The molecule has 0 spiro atoms. The number of nitrogens with zero attached hydrogens (tertiary/aromatic N) is 2. The van der Waals surface area contributed by atoms with Crippen molar-refractivity contribution in [3.63, 3.8) is 0 Å². The highest BCUT2D eigenvalue weighted by molar-refractivity contribution is 7.97. The third-order valence-electron chi connectivity index (χ3n) is 5.47. The topological polar surface area (TPSA) is 75.0 Å². The number of nitrogens with two attached hydrogens (primary N) is 1. The van der Waals surface area contributed by atoms with Crippen LogP contribution in [0.3, 0.4) is 0 Å². The van der Waals surface area contributed by atoms with Crippen molar-refractivity contribution in [1.82, 2.24) is 14.5 Å². The second-order valence-corrected chi connectivity index (χ2v) is 8.93. The van der Waals surface area contributed by atoms with Gasteiger partial charge in [-0.05, 0) is 42.5 Å². The second-order valence-electron chi connectivity index (χ2n) is 7.37. The number of benzene rings is 2. The van der Waals surface area contributed by atoms with Crippen LogP contribution in [0.2, 0.25) is 0 Å². The van der Waals surface area contributed by atoms with Crippen LogP contribution in [0.5, 0.6) is 0 Å². The largest absolute Gasteiger partial charge is 0.366 e. The zero-order chi connectivity index (χ0) is 20.2. The van der Waals surface area contributed by atoms with Gasteiger partial charge in [-0.3, -0.25) is 14.2 Å². The number of aromatic nitrogens is 2. The summed E-state index contributed by atoms with van der Waals surface area (Å²) in [6.07, 6.45) is 3.16. The van der Waals surface area contributed by atoms with Crippen molar-refractivity contribution in [3.8, 4) is 11.1 Å². The molecule has 1 aliphatic heterocycles. The summed E-state index contributed by atoms with van der Waals surface area (Å²) < 4.78 is 2.44. The van der Waals surface area contributed by atoms with Crippen molar-refractivity contribution in [2.75, 3.05) is 24.7 Å². The number of halogens is 1. The number of fused-ring (bicyclic) bond motifs is 1. The van der Waals surface area contributed by atoms with Gasteiger partial charge in [-0.15, -0.1) is 11.6 Å². The van der Waals surface area contributed by atoms with Crippen LogP contribution in [-0.2, 0) is 0 Å². The van der Waals surface area contributed by atoms with Gasteiger partial charge in [0, 0.05) is 41.7 Å². The van der Waals surface area contributed by atoms with E-state index in [1.54, 1.807) is 0 Å². The Balaban J connectivity index is 1.63. The smallest absolute Gasteiger partial charge is 0.251 e. The van der Waals surface area contributed by atoms with Gasteiger partial charge in [-0.25, -0.2) is 0 Å². The number of aromatic amines is 1. The maximum Gasteiger partial charge on any atom is 0.251 e. The van der Waals surface area contributed by atoms with Gasteiger partial charge in [-0.2, -0.15) is 5.10 Å². The Hall–Kier alpha value is -2.02. The highest BCUT2D eigenvalue weighted by atomic mass is 35.5. The second kappa shape index (κ2) is 9.20. The molecule has 4 rings (SSSR count). The number of hydrogen-bond acceptors (Lipinski definition) is 4. The number of carbonyl (C=O) groups excluding carboxylic acids is 1. The number of amides is 1. The van der Waals surface area contributed by atoms with Crippen LogP contribution < -0.4 is 5.73 Å². The molecule has 2 heterocycles. The average molecular weight is 429 g/mol. The van der Waals surface area contributed by atoms with Crippen LogP contribution in [-0.4, -0.2) is 45.1 Å². The van der Waals surface area contributed by atoms with Crippen LogP contribution >= 0.6 is 23.5 Å². The summed E-state index contributed by atoms with van der Waals surface area (Å²) >= 11 is 7.67. The maximum absolute atomic E-state index is 12.1. The summed E-state index contributed by atoms with van der Waals surface area (Å²) in [7, 11) is 0. The van der Waals surface area contributed by atoms with E-state index in [9.17, 15) is 4.79 Å². The third kappa shape index (κ3) is 4.44. The number of nitrogens with one attached hydrogen (secondary N) is 1. The minimum atomic E-state index is -0.448. The summed E-state index contributed by atoms with van der Waals surface area (Å²) in [6, 6.07) is 14.1. The van der Waals surface area contributed by atoms with Gasteiger partial charge in [0.1, 0.15) is 5.52 Å². The molecule has 152 valence electrons. The minimum Gasteiger partial charge on any atom is -0.366 e. The molecule has 0 aliphatic carbocycles. The van der Waals surface area contributed by atoms with E-state index in [1.165, 1.54) is 0 Å². The summed E-state index contributed by atoms with van der Waals surface area (Å²) in [5.41, 5.74) is 9.99. The number of primary amides is 1. The molecule has 0 atom stereocenters. The highest BCUT2D eigenvalue weighted by Gasteiger charge is 2.25. The minimum absolute atomic E-state index is 0.400. The maximum atomic E-state index is 12.1. The number of H-pyrrole nitrogens is 1. The van der Waals surface area contributed by atoms with E-state index in [-0.39, 0.29) is 0 Å². The molecule has 29 heavy (non-hydrogen) atoms. The molecule has 3 aromatic rings. The number of alkyl halides is 1. The standard InChI is InChI=1S/C22H25ClN4OS/c23-9-4-12-29-27-10-7-16(8-11-27)20-18-13-17(15-5-2-1-3-6-15)14-19(22(24)28)21(18)26-25-20/h1-3,5-6,13-14,16H,4,7-12H2,(H2,24,28)(H,25,26). The van der Waals surface area contributed by atoms with Crippen molar-refractivity contribution in [2.45, 2.75) is 25.2 Å². The molecule has 1 aliphatic rings. The fraction of sp³-hybridized carbons (Fsp3) is 0.364.